The molecule has 20 heavy (non-hydrogen) atoms. The van der Waals surface area contributed by atoms with Crippen molar-refractivity contribution in [3.05, 3.63) is 17.7 Å². The van der Waals surface area contributed by atoms with Gasteiger partial charge in [0.1, 0.15) is 11.9 Å². The van der Waals surface area contributed by atoms with Crippen molar-refractivity contribution in [2.45, 2.75) is 18.9 Å². The van der Waals surface area contributed by atoms with Gasteiger partial charge in [-0.3, -0.25) is 0 Å². The lowest BCUT2D eigenvalue weighted by Gasteiger charge is -2.29. The Labute approximate surface area is 119 Å². The van der Waals surface area contributed by atoms with Crippen molar-refractivity contribution in [2.75, 3.05) is 27.9 Å². The van der Waals surface area contributed by atoms with Crippen LogP contribution < -0.4 is 14.2 Å². The first-order valence-corrected chi connectivity index (χ1v) is 6.56. The Balaban J connectivity index is 2.46. The number of hydrogen-bond acceptors (Lipinski definition) is 5. The highest BCUT2D eigenvalue weighted by Gasteiger charge is 2.31. The molecule has 1 aromatic carbocycles. The van der Waals surface area contributed by atoms with Gasteiger partial charge in [0.2, 0.25) is 0 Å². The fraction of sp³-hybridized carbons (Fsp3) is 0.533. The largest absolute Gasteiger partial charge is 0.496 e. The Morgan fingerprint density at radius 1 is 1.10 bits per heavy atom. The van der Waals surface area contributed by atoms with E-state index in [4.69, 9.17) is 18.9 Å². The molecule has 0 aliphatic carbocycles. The first-order chi connectivity index (χ1) is 9.74. The predicted molar refractivity (Wildman–Crippen MR) is 73.1 cm³/mol. The Bertz CT molecular complexity index is 509. The van der Waals surface area contributed by atoms with Crippen LogP contribution in [0.5, 0.6) is 17.2 Å². The zero-order valence-electron chi connectivity index (χ0n) is 12.0. The van der Waals surface area contributed by atoms with Gasteiger partial charge in [-0.2, -0.15) is 5.26 Å². The molecule has 5 nitrogen and oxygen atoms in total. The molecule has 1 saturated heterocycles. The third-order valence-electron chi connectivity index (χ3n) is 3.53. The maximum atomic E-state index is 9.29. The molecule has 1 aliphatic heterocycles. The van der Waals surface area contributed by atoms with Gasteiger partial charge >= 0.3 is 0 Å². The second kappa shape index (κ2) is 6.49. The summed E-state index contributed by atoms with van der Waals surface area (Å²) in [6, 6.07) is 5.91. The molecule has 0 aromatic heterocycles. The monoisotopic (exact) mass is 277 g/mol. The lowest BCUT2D eigenvalue weighted by Crippen LogP contribution is -2.22. The summed E-state index contributed by atoms with van der Waals surface area (Å²) >= 11 is 0. The fourth-order valence-electron chi connectivity index (χ4n) is 2.50. The van der Waals surface area contributed by atoms with E-state index in [0.717, 1.165) is 18.4 Å². The van der Waals surface area contributed by atoms with E-state index in [-0.39, 0.29) is 12.0 Å². The molecule has 1 heterocycles. The molecule has 0 saturated carbocycles. The molecule has 0 spiro atoms. The zero-order valence-corrected chi connectivity index (χ0v) is 12.0. The summed E-state index contributed by atoms with van der Waals surface area (Å²) in [5.41, 5.74) is 0.830. The molecule has 2 atom stereocenters. The van der Waals surface area contributed by atoms with Gasteiger partial charge in [0.05, 0.1) is 33.3 Å². The molecule has 108 valence electrons. The van der Waals surface area contributed by atoms with E-state index < -0.39 is 0 Å². The van der Waals surface area contributed by atoms with E-state index in [1.54, 1.807) is 27.4 Å². The van der Waals surface area contributed by atoms with E-state index in [0.29, 0.717) is 23.9 Å². The summed E-state index contributed by atoms with van der Waals surface area (Å²) in [5, 5.41) is 9.29. The minimum atomic E-state index is -0.288. The second-order valence-electron chi connectivity index (χ2n) is 4.62. The second-order valence-corrected chi connectivity index (χ2v) is 4.62. The van der Waals surface area contributed by atoms with Crippen molar-refractivity contribution in [3.8, 4) is 23.3 Å². The SMILES string of the molecule is COc1cc(OC)c(C2OCCCC2C#N)cc1OC. The third kappa shape index (κ3) is 2.66. The summed E-state index contributed by atoms with van der Waals surface area (Å²) in [5.74, 6) is 1.68. The van der Waals surface area contributed by atoms with E-state index in [1.807, 2.05) is 6.07 Å². The fourth-order valence-corrected chi connectivity index (χ4v) is 2.50. The summed E-state index contributed by atoms with van der Waals surface area (Å²) in [6.45, 7) is 0.653. The molecule has 0 N–H and O–H groups in total. The normalized spacial score (nSPS) is 21.9. The quantitative estimate of drug-likeness (QED) is 0.846. The van der Waals surface area contributed by atoms with Gasteiger partial charge in [-0.25, -0.2) is 0 Å². The minimum Gasteiger partial charge on any atom is -0.496 e. The van der Waals surface area contributed by atoms with Gasteiger partial charge in [-0.05, 0) is 18.9 Å². The van der Waals surface area contributed by atoms with Crippen molar-refractivity contribution in [2.24, 2.45) is 5.92 Å². The van der Waals surface area contributed by atoms with Crippen molar-refractivity contribution in [1.29, 1.82) is 5.26 Å². The van der Waals surface area contributed by atoms with Crippen LogP contribution in [0.15, 0.2) is 12.1 Å². The smallest absolute Gasteiger partial charge is 0.164 e. The number of benzene rings is 1. The number of nitriles is 1. The average molecular weight is 277 g/mol. The van der Waals surface area contributed by atoms with Crippen LogP contribution in [0, 0.1) is 17.2 Å². The van der Waals surface area contributed by atoms with E-state index in [9.17, 15) is 5.26 Å². The molecular formula is C15H19NO4. The highest BCUT2D eigenvalue weighted by atomic mass is 16.5. The zero-order chi connectivity index (χ0) is 14.5. The highest BCUT2D eigenvalue weighted by molar-refractivity contribution is 5.52. The van der Waals surface area contributed by atoms with Gasteiger partial charge in [0, 0.05) is 18.2 Å². The maximum Gasteiger partial charge on any atom is 0.164 e. The van der Waals surface area contributed by atoms with E-state index >= 15 is 0 Å². The molecule has 2 rings (SSSR count). The van der Waals surface area contributed by atoms with Crippen LogP contribution in [-0.2, 0) is 4.74 Å². The molecule has 1 aromatic rings. The number of ether oxygens (including phenoxy) is 4. The van der Waals surface area contributed by atoms with Crippen LogP contribution >= 0.6 is 0 Å². The van der Waals surface area contributed by atoms with Gasteiger partial charge in [0.25, 0.3) is 0 Å². The van der Waals surface area contributed by atoms with Gasteiger partial charge in [-0.15, -0.1) is 0 Å². The Morgan fingerprint density at radius 2 is 1.75 bits per heavy atom. The van der Waals surface area contributed by atoms with Gasteiger partial charge in [-0.1, -0.05) is 0 Å². The summed E-state index contributed by atoms with van der Waals surface area (Å²) < 4.78 is 21.8. The maximum absolute atomic E-state index is 9.29. The number of nitrogens with zero attached hydrogens (tertiary/aromatic N) is 1. The molecule has 5 heteroatoms. The summed E-state index contributed by atoms with van der Waals surface area (Å²) in [4.78, 5) is 0. The molecule has 0 radical (unpaired) electrons. The Kier molecular flexibility index (Phi) is 4.70. The molecule has 2 unspecified atom stereocenters. The first kappa shape index (κ1) is 14.5. The minimum absolute atomic E-state index is 0.171. The summed E-state index contributed by atoms with van der Waals surface area (Å²) in [6.07, 6.45) is 1.45. The Hall–Kier alpha value is -1.93. The first-order valence-electron chi connectivity index (χ1n) is 6.56. The van der Waals surface area contributed by atoms with Gasteiger partial charge in [0.15, 0.2) is 11.5 Å². The molecule has 0 amide bonds. The van der Waals surface area contributed by atoms with Gasteiger partial charge < -0.3 is 18.9 Å². The third-order valence-corrected chi connectivity index (χ3v) is 3.53. The van der Waals surface area contributed by atoms with Crippen LogP contribution in [-0.4, -0.2) is 27.9 Å². The predicted octanol–water partition coefficient (Wildman–Crippen LogP) is 2.70. The number of rotatable bonds is 4. The lowest BCUT2D eigenvalue weighted by atomic mass is 9.90. The lowest BCUT2D eigenvalue weighted by molar-refractivity contribution is -0.0115. The van der Waals surface area contributed by atoms with E-state index in [2.05, 4.69) is 6.07 Å². The standard InChI is InChI=1S/C15H19NO4/c1-17-12-8-14(19-3)13(18-2)7-11(12)15-10(9-16)5-4-6-20-15/h7-8,10,15H,4-6H2,1-3H3. The van der Waals surface area contributed by atoms with Crippen molar-refractivity contribution < 1.29 is 18.9 Å². The molecule has 1 fully saturated rings. The molecule has 1 aliphatic rings. The van der Waals surface area contributed by atoms with Crippen LogP contribution in [0.3, 0.4) is 0 Å². The average Bonchev–Trinajstić information content (AvgIpc) is 2.53. The van der Waals surface area contributed by atoms with Crippen LogP contribution in [0.25, 0.3) is 0 Å². The summed E-state index contributed by atoms with van der Waals surface area (Å²) in [7, 11) is 4.75. The number of methoxy groups -OCH3 is 3. The topological polar surface area (TPSA) is 60.7 Å². The molecular weight excluding hydrogens is 258 g/mol. The van der Waals surface area contributed by atoms with Crippen LogP contribution in [0.1, 0.15) is 24.5 Å². The molecule has 0 bridgehead atoms. The van der Waals surface area contributed by atoms with Crippen molar-refractivity contribution in [3.63, 3.8) is 0 Å². The van der Waals surface area contributed by atoms with Crippen LogP contribution in [0.2, 0.25) is 0 Å². The highest BCUT2D eigenvalue weighted by Crippen LogP contribution is 2.43. The van der Waals surface area contributed by atoms with Crippen molar-refractivity contribution >= 4 is 0 Å². The van der Waals surface area contributed by atoms with E-state index in [1.165, 1.54) is 0 Å². The number of hydrogen-bond donors (Lipinski definition) is 0. The Morgan fingerprint density at radius 3 is 2.35 bits per heavy atom. The van der Waals surface area contributed by atoms with Crippen LogP contribution in [0.4, 0.5) is 0 Å². The van der Waals surface area contributed by atoms with Crippen molar-refractivity contribution in [1.82, 2.24) is 0 Å².